The molecule has 0 fully saturated rings. The first-order valence-electron chi connectivity index (χ1n) is 12.2. The van der Waals surface area contributed by atoms with Gasteiger partial charge in [-0.1, -0.05) is 126 Å². The minimum atomic E-state index is -2.94. The van der Waals surface area contributed by atoms with Crippen LogP contribution >= 0.6 is 0 Å². The maximum absolute atomic E-state index is 13.1. The number of carbonyl (C=O) groups is 1. The van der Waals surface area contributed by atoms with Crippen LogP contribution < -0.4 is 15.6 Å². The highest BCUT2D eigenvalue weighted by molar-refractivity contribution is 7.07. The second-order valence-electron chi connectivity index (χ2n) is 10.5. The third-order valence-corrected chi connectivity index (χ3v) is 10.5. The summed E-state index contributed by atoms with van der Waals surface area (Å²) in [4.78, 5) is 13.1. The number of aliphatic hydroxyl groups is 1. The predicted molar refractivity (Wildman–Crippen MR) is 143 cm³/mol. The van der Waals surface area contributed by atoms with Crippen LogP contribution in [0.2, 0.25) is 0 Å². The summed E-state index contributed by atoms with van der Waals surface area (Å²) in [7, 11) is -2.94. The third kappa shape index (κ3) is 6.12. The summed E-state index contributed by atoms with van der Waals surface area (Å²) in [6, 6.07) is 31.3. The van der Waals surface area contributed by atoms with Crippen LogP contribution in [0.5, 0.6) is 0 Å². The van der Waals surface area contributed by atoms with Crippen molar-refractivity contribution in [2.24, 2.45) is 11.3 Å². The molecule has 0 aliphatic carbocycles. The molecule has 0 heterocycles. The summed E-state index contributed by atoms with van der Waals surface area (Å²) in [5.41, 5.74) is -0.269. The predicted octanol–water partition coefficient (Wildman–Crippen LogP) is 4.45. The number of ketones is 1. The van der Waals surface area contributed by atoms with Gasteiger partial charge in [0.15, 0.2) is 0 Å². The van der Waals surface area contributed by atoms with E-state index in [1.807, 2.05) is 32.0 Å². The highest BCUT2D eigenvalue weighted by Gasteiger charge is 2.46. The van der Waals surface area contributed by atoms with Crippen molar-refractivity contribution in [1.29, 1.82) is 0 Å². The Morgan fingerprint density at radius 1 is 0.765 bits per heavy atom. The van der Waals surface area contributed by atoms with E-state index in [0.717, 1.165) is 15.6 Å². The Bertz CT molecular complexity index is 930. The van der Waals surface area contributed by atoms with Gasteiger partial charge in [0.25, 0.3) is 8.32 Å². The molecule has 34 heavy (non-hydrogen) atoms. The van der Waals surface area contributed by atoms with E-state index in [1.54, 1.807) is 0 Å². The highest BCUT2D eigenvalue weighted by atomic mass is 28.4. The number of hydrogen-bond acceptors (Lipinski definition) is 3. The molecule has 0 bridgehead atoms. The van der Waals surface area contributed by atoms with Crippen molar-refractivity contribution in [2.45, 2.75) is 59.7 Å². The van der Waals surface area contributed by atoms with Gasteiger partial charge in [0.05, 0.1) is 12.2 Å². The molecule has 0 aromatic heterocycles. The van der Waals surface area contributed by atoms with Crippen LogP contribution in [0.15, 0.2) is 91.0 Å². The number of Topliss-reactive ketones (excluding diaryl/α,β-unsaturated/α-hetero) is 1. The molecule has 0 aliphatic rings. The van der Waals surface area contributed by atoms with Gasteiger partial charge in [-0.25, -0.2) is 0 Å². The summed E-state index contributed by atoms with van der Waals surface area (Å²) >= 11 is 0. The Kier molecular flexibility index (Phi) is 8.64. The highest BCUT2D eigenvalue weighted by Crippen LogP contribution is 2.29. The van der Waals surface area contributed by atoms with Crippen LogP contribution in [-0.2, 0) is 9.22 Å². The fourth-order valence-electron chi connectivity index (χ4n) is 4.22. The topological polar surface area (TPSA) is 46.5 Å². The number of carbonyl (C=O) groups excluding carboxylic acids is 1. The lowest BCUT2D eigenvalue weighted by Crippen LogP contribution is -2.71. The first-order chi connectivity index (χ1) is 16.1. The van der Waals surface area contributed by atoms with E-state index in [-0.39, 0.29) is 36.1 Å². The van der Waals surface area contributed by atoms with Gasteiger partial charge in [0.1, 0.15) is 5.78 Å². The third-order valence-electron chi connectivity index (χ3n) is 6.45. The van der Waals surface area contributed by atoms with Gasteiger partial charge in [0.2, 0.25) is 0 Å². The van der Waals surface area contributed by atoms with Crippen LogP contribution in [0, 0.1) is 11.3 Å². The minimum absolute atomic E-state index is 0.0400. The van der Waals surface area contributed by atoms with E-state index in [1.165, 1.54) is 0 Å². The maximum Gasteiger partial charge on any atom is 0.288 e. The SMILES string of the molecule is CC(C)[C@H](O)CC(=O)C[C@H](O[Si](c1ccccc1)(c1ccccc1)c1ccccc1)C(C)(C)C. The van der Waals surface area contributed by atoms with E-state index in [0.29, 0.717) is 0 Å². The minimum Gasteiger partial charge on any atom is -0.400 e. The molecule has 3 nitrogen and oxygen atoms in total. The molecule has 3 rings (SSSR count). The lowest BCUT2D eigenvalue weighted by molar-refractivity contribution is -0.124. The quantitative estimate of drug-likeness (QED) is 0.349. The van der Waals surface area contributed by atoms with Crippen molar-refractivity contribution in [2.75, 3.05) is 0 Å². The molecule has 0 spiro atoms. The molecule has 0 saturated heterocycles. The van der Waals surface area contributed by atoms with Crippen molar-refractivity contribution in [3.05, 3.63) is 91.0 Å². The zero-order valence-corrected chi connectivity index (χ0v) is 22.1. The van der Waals surface area contributed by atoms with Gasteiger partial charge in [-0.05, 0) is 26.9 Å². The van der Waals surface area contributed by atoms with Crippen LogP contribution in [0.1, 0.15) is 47.5 Å². The van der Waals surface area contributed by atoms with E-state index in [4.69, 9.17) is 4.43 Å². The standard InChI is InChI=1S/C30H38O3Si/c1-23(2)28(32)21-24(31)22-29(30(3,4)5)33-34(25-15-9-6-10-16-25,26-17-11-7-12-18-26)27-19-13-8-14-20-27/h6-20,23,28-29,32H,21-22H2,1-5H3/t28-,29+/m1/s1. The first kappa shape index (κ1) is 26.1. The Hall–Kier alpha value is -2.53. The Morgan fingerprint density at radius 2 is 1.15 bits per heavy atom. The molecule has 0 amide bonds. The van der Waals surface area contributed by atoms with Gasteiger partial charge < -0.3 is 9.53 Å². The van der Waals surface area contributed by atoms with E-state index >= 15 is 0 Å². The van der Waals surface area contributed by atoms with Gasteiger partial charge in [-0.15, -0.1) is 0 Å². The lowest BCUT2D eigenvalue weighted by Gasteiger charge is -2.41. The summed E-state index contributed by atoms with van der Waals surface area (Å²) in [6.45, 7) is 10.3. The molecular weight excluding hydrogens is 436 g/mol. The van der Waals surface area contributed by atoms with Crippen molar-refractivity contribution in [3.8, 4) is 0 Å². The Morgan fingerprint density at radius 3 is 1.47 bits per heavy atom. The molecule has 1 N–H and O–H groups in total. The number of rotatable bonds is 10. The van der Waals surface area contributed by atoms with Gasteiger partial charge in [-0.3, -0.25) is 4.79 Å². The molecule has 180 valence electrons. The zero-order valence-electron chi connectivity index (χ0n) is 21.1. The monoisotopic (exact) mass is 474 g/mol. The lowest BCUT2D eigenvalue weighted by atomic mass is 9.85. The molecule has 0 saturated carbocycles. The molecular formula is C30H38O3Si. The fraction of sp³-hybridized carbons (Fsp3) is 0.367. The van der Waals surface area contributed by atoms with Gasteiger partial charge >= 0.3 is 0 Å². The average Bonchev–Trinajstić information content (AvgIpc) is 2.82. The van der Waals surface area contributed by atoms with Crippen LogP contribution in [0.4, 0.5) is 0 Å². The average molecular weight is 475 g/mol. The smallest absolute Gasteiger partial charge is 0.288 e. The summed E-state index contributed by atoms with van der Waals surface area (Å²) in [6.07, 6.45) is -0.516. The summed E-state index contributed by atoms with van der Waals surface area (Å²) < 4.78 is 7.31. The van der Waals surface area contributed by atoms with Gasteiger partial charge in [0, 0.05) is 12.8 Å². The second kappa shape index (κ2) is 11.3. The molecule has 3 aromatic rings. The molecule has 3 aromatic carbocycles. The van der Waals surface area contributed by atoms with Crippen LogP contribution in [0.3, 0.4) is 0 Å². The van der Waals surface area contributed by atoms with E-state index in [2.05, 4.69) is 93.6 Å². The summed E-state index contributed by atoms with van der Waals surface area (Å²) in [5.74, 6) is 0.0857. The molecule has 0 radical (unpaired) electrons. The second-order valence-corrected chi connectivity index (χ2v) is 13.8. The number of hydrogen-bond donors (Lipinski definition) is 1. The first-order valence-corrected chi connectivity index (χ1v) is 14.1. The van der Waals surface area contributed by atoms with Crippen molar-refractivity contribution >= 4 is 29.7 Å². The maximum atomic E-state index is 13.1. The molecule has 0 aliphatic heterocycles. The molecule has 4 heteroatoms. The normalized spacial score (nSPS) is 14.1. The summed E-state index contributed by atoms with van der Waals surface area (Å²) in [5, 5.41) is 13.8. The van der Waals surface area contributed by atoms with Crippen molar-refractivity contribution in [3.63, 3.8) is 0 Å². The van der Waals surface area contributed by atoms with Crippen molar-refractivity contribution in [1.82, 2.24) is 0 Å². The largest absolute Gasteiger partial charge is 0.400 e. The van der Waals surface area contributed by atoms with Crippen LogP contribution in [0.25, 0.3) is 0 Å². The fourth-order valence-corrected chi connectivity index (χ4v) is 8.48. The molecule has 0 unspecified atom stereocenters. The van der Waals surface area contributed by atoms with E-state index in [9.17, 15) is 9.90 Å². The van der Waals surface area contributed by atoms with Crippen LogP contribution in [-0.4, -0.2) is 31.4 Å². The number of aliphatic hydroxyl groups excluding tert-OH is 1. The van der Waals surface area contributed by atoms with Gasteiger partial charge in [-0.2, -0.15) is 0 Å². The Labute approximate surface area is 205 Å². The Balaban J connectivity index is 2.14. The van der Waals surface area contributed by atoms with E-state index < -0.39 is 14.4 Å². The van der Waals surface area contributed by atoms with Crippen molar-refractivity contribution < 1.29 is 14.3 Å². The molecule has 2 atom stereocenters. The number of benzene rings is 3. The zero-order chi connectivity index (χ0) is 24.8.